The van der Waals surface area contributed by atoms with Crippen LogP contribution in [0.1, 0.15) is 29.6 Å². The summed E-state index contributed by atoms with van der Waals surface area (Å²) >= 11 is 0. The number of rotatable bonds is 4. The highest BCUT2D eigenvalue weighted by Gasteiger charge is 2.38. The van der Waals surface area contributed by atoms with Crippen molar-refractivity contribution in [3.05, 3.63) is 29.8 Å². The minimum Gasteiger partial charge on any atom is -0.496 e. The van der Waals surface area contributed by atoms with Crippen molar-refractivity contribution in [2.24, 2.45) is 5.92 Å². The van der Waals surface area contributed by atoms with Crippen LogP contribution >= 0.6 is 0 Å². The summed E-state index contributed by atoms with van der Waals surface area (Å²) in [7, 11) is 1.62. The minimum atomic E-state index is 0.181. The normalized spacial score (nSPS) is 26.5. The lowest BCUT2D eigenvalue weighted by Gasteiger charge is -2.26. The zero-order chi connectivity index (χ0) is 12.5. The van der Waals surface area contributed by atoms with Crippen LogP contribution in [-0.2, 0) is 0 Å². The fourth-order valence-electron chi connectivity index (χ4n) is 3.37. The van der Waals surface area contributed by atoms with E-state index in [1.54, 1.807) is 7.11 Å². The average Bonchev–Trinajstić information content (AvgIpc) is 3.01. The van der Waals surface area contributed by atoms with Gasteiger partial charge < -0.3 is 4.74 Å². The first-order valence-corrected chi connectivity index (χ1v) is 6.68. The molecule has 2 fully saturated rings. The highest BCUT2D eigenvalue weighted by molar-refractivity contribution is 6.00. The number of carbonyl (C=O) groups excluding carboxylic acids is 1. The van der Waals surface area contributed by atoms with Gasteiger partial charge in [0.25, 0.3) is 0 Å². The largest absolute Gasteiger partial charge is 0.496 e. The molecule has 0 spiro atoms. The van der Waals surface area contributed by atoms with Crippen molar-refractivity contribution < 1.29 is 9.53 Å². The van der Waals surface area contributed by atoms with Gasteiger partial charge >= 0.3 is 0 Å². The highest BCUT2D eigenvalue weighted by atomic mass is 16.5. The third-order valence-electron chi connectivity index (χ3n) is 4.28. The number of hydrogen-bond acceptors (Lipinski definition) is 3. The summed E-state index contributed by atoms with van der Waals surface area (Å²) in [5.74, 6) is 1.70. The van der Waals surface area contributed by atoms with E-state index in [1.165, 1.54) is 19.3 Å². The Balaban J connectivity index is 1.71. The molecule has 96 valence electrons. The molecular weight excluding hydrogens is 226 g/mol. The van der Waals surface area contributed by atoms with Gasteiger partial charge in [0, 0.05) is 12.6 Å². The van der Waals surface area contributed by atoms with E-state index in [9.17, 15) is 4.79 Å². The Morgan fingerprint density at radius 2 is 2.22 bits per heavy atom. The number of para-hydroxylation sites is 1. The lowest BCUT2D eigenvalue weighted by molar-refractivity contribution is 0.0902. The first-order chi connectivity index (χ1) is 8.78. The molecule has 18 heavy (non-hydrogen) atoms. The van der Waals surface area contributed by atoms with Gasteiger partial charge in [-0.3, -0.25) is 9.69 Å². The smallest absolute Gasteiger partial charge is 0.180 e. The van der Waals surface area contributed by atoms with Crippen LogP contribution in [0.3, 0.4) is 0 Å². The molecule has 2 unspecified atom stereocenters. The van der Waals surface area contributed by atoms with E-state index in [-0.39, 0.29) is 5.78 Å². The summed E-state index contributed by atoms with van der Waals surface area (Å²) in [5.41, 5.74) is 0.711. The Morgan fingerprint density at radius 1 is 1.39 bits per heavy atom. The Labute approximate surface area is 108 Å². The second-order valence-corrected chi connectivity index (χ2v) is 5.39. The zero-order valence-electron chi connectivity index (χ0n) is 10.8. The van der Waals surface area contributed by atoms with Crippen molar-refractivity contribution >= 4 is 5.78 Å². The van der Waals surface area contributed by atoms with Gasteiger partial charge in [-0.05, 0) is 37.3 Å². The molecule has 1 aromatic rings. The molecule has 2 atom stereocenters. The maximum absolute atomic E-state index is 12.3. The molecule has 2 aliphatic rings. The fraction of sp³-hybridized carbons (Fsp3) is 0.533. The lowest BCUT2D eigenvalue weighted by atomic mass is 10.1. The molecule has 1 saturated heterocycles. The number of likely N-dealkylation sites (tertiary alicyclic amines) is 1. The van der Waals surface area contributed by atoms with Gasteiger partial charge in [0.15, 0.2) is 5.78 Å². The number of ether oxygens (including phenoxy) is 1. The maximum Gasteiger partial charge on any atom is 0.180 e. The van der Waals surface area contributed by atoms with Crippen LogP contribution in [0.2, 0.25) is 0 Å². The predicted octanol–water partition coefficient (Wildman–Crippen LogP) is 2.36. The first-order valence-electron chi connectivity index (χ1n) is 6.68. The minimum absolute atomic E-state index is 0.181. The molecule has 2 bridgehead atoms. The van der Waals surface area contributed by atoms with Crippen molar-refractivity contribution in [1.82, 2.24) is 4.90 Å². The van der Waals surface area contributed by atoms with Gasteiger partial charge in [0.2, 0.25) is 0 Å². The summed E-state index contributed by atoms with van der Waals surface area (Å²) < 4.78 is 5.25. The van der Waals surface area contributed by atoms with E-state index in [4.69, 9.17) is 4.74 Å². The van der Waals surface area contributed by atoms with Crippen LogP contribution in [0.15, 0.2) is 24.3 Å². The van der Waals surface area contributed by atoms with E-state index < -0.39 is 0 Å². The number of methoxy groups -OCH3 is 1. The van der Waals surface area contributed by atoms with Gasteiger partial charge in [-0.2, -0.15) is 0 Å². The van der Waals surface area contributed by atoms with Crippen LogP contribution in [0.5, 0.6) is 5.75 Å². The molecule has 0 aromatic heterocycles. The van der Waals surface area contributed by atoms with Gasteiger partial charge in [0.1, 0.15) is 5.75 Å². The lowest BCUT2D eigenvalue weighted by Crippen LogP contribution is -2.36. The van der Waals surface area contributed by atoms with Crippen LogP contribution < -0.4 is 4.74 Å². The summed E-state index contributed by atoms with van der Waals surface area (Å²) in [6.07, 6.45) is 3.91. The molecule has 3 nitrogen and oxygen atoms in total. The Hall–Kier alpha value is -1.35. The molecule has 3 heteroatoms. The molecule has 1 aromatic carbocycles. The third kappa shape index (κ3) is 2.03. The van der Waals surface area contributed by atoms with Crippen LogP contribution in [-0.4, -0.2) is 36.9 Å². The van der Waals surface area contributed by atoms with Crippen LogP contribution in [0.4, 0.5) is 0 Å². The van der Waals surface area contributed by atoms with E-state index >= 15 is 0 Å². The van der Waals surface area contributed by atoms with Crippen LogP contribution in [0.25, 0.3) is 0 Å². The SMILES string of the molecule is COc1ccccc1C(=O)CN1CC2CCC1C2. The molecule has 0 amide bonds. The second kappa shape index (κ2) is 4.73. The van der Waals surface area contributed by atoms with Gasteiger partial charge in [-0.15, -0.1) is 0 Å². The van der Waals surface area contributed by atoms with E-state index in [0.29, 0.717) is 23.9 Å². The van der Waals surface area contributed by atoms with Crippen molar-refractivity contribution in [1.29, 1.82) is 0 Å². The van der Waals surface area contributed by atoms with E-state index in [1.807, 2.05) is 24.3 Å². The molecule has 0 radical (unpaired) electrons. The molecule has 1 aliphatic carbocycles. The Kier molecular flexibility index (Phi) is 3.08. The number of carbonyl (C=O) groups is 1. The topological polar surface area (TPSA) is 29.5 Å². The van der Waals surface area contributed by atoms with Gasteiger partial charge in [-0.25, -0.2) is 0 Å². The standard InChI is InChI=1S/C15H19NO2/c1-18-15-5-3-2-4-13(15)14(17)10-16-9-11-6-7-12(16)8-11/h2-5,11-12H,6-10H2,1H3. The molecular formula is C15H19NO2. The zero-order valence-corrected chi connectivity index (χ0v) is 10.8. The van der Waals surface area contributed by atoms with Crippen molar-refractivity contribution in [3.8, 4) is 5.75 Å². The number of benzene rings is 1. The average molecular weight is 245 g/mol. The number of hydrogen-bond donors (Lipinski definition) is 0. The van der Waals surface area contributed by atoms with Crippen molar-refractivity contribution in [3.63, 3.8) is 0 Å². The van der Waals surface area contributed by atoms with E-state index in [0.717, 1.165) is 12.5 Å². The maximum atomic E-state index is 12.3. The number of fused-ring (bicyclic) bond motifs is 2. The molecule has 1 aliphatic heterocycles. The fourth-order valence-corrected chi connectivity index (χ4v) is 3.37. The Morgan fingerprint density at radius 3 is 2.89 bits per heavy atom. The monoisotopic (exact) mass is 245 g/mol. The summed E-state index contributed by atoms with van der Waals surface area (Å²) in [6, 6.07) is 8.15. The summed E-state index contributed by atoms with van der Waals surface area (Å²) in [5, 5.41) is 0. The summed E-state index contributed by atoms with van der Waals surface area (Å²) in [6.45, 7) is 1.65. The number of Topliss-reactive ketones (excluding diaryl/α,β-unsaturated/α-hetero) is 1. The highest BCUT2D eigenvalue weighted by Crippen LogP contribution is 2.37. The van der Waals surface area contributed by atoms with Gasteiger partial charge in [0.05, 0.1) is 19.2 Å². The second-order valence-electron chi connectivity index (χ2n) is 5.39. The number of nitrogens with zero attached hydrogens (tertiary/aromatic N) is 1. The molecule has 0 N–H and O–H groups in total. The quantitative estimate of drug-likeness (QED) is 0.763. The van der Waals surface area contributed by atoms with Crippen molar-refractivity contribution in [2.75, 3.05) is 20.2 Å². The van der Waals surface area contributed by atoms with E-state index in [2.05, 4.69) is 4.90 Å². The van der Waals surface area contributed by atoms with Crippen LogP contribution in [0, 0.1) is 5.92 Å². The molecule has 1 saturated carbocycles. The first kappa shape index (κ1) is 11.7. The molecule has 1 heterocycles. The van der Waals surface area contributed by atoms with Crippen molar-refractivity contribution in [2.45, 2.75) is 25.3 Å². The third-order valence-corrected chi connectivity index (χ3v) is 4.28. The predicted molar refractivity (Wildman–Crippen MR) is 70.0 cm³/mol. The van der Waals surface area contributed by atoms with Gasteiger partial charge in [-0.1, -0.05) is 12.1 Å². The molecule has 3 rings (SSSR count). The number of piperidine rings is 1. The number of ketones is 1. The Bertz CT molecular complexity index is 458. The summed E-state index contributed by atoms with van der Waals surface area (Å²) in [4.78, 5) is 14.7.